The lowest BCUT2D eigenvalue weighted by Gasteiger charge is -2.02. The maximum Gasteiger partial charge on any atom is 0.0961 e. The van der Waals surface area contributed by atoms with E-state index < -0.39 is 0 Å². The number of nitrogen functional groups attached to an aromatic ring is 1. The summed E-state index contributed by atoms with van der Waals surface area (Å²) in [6, 6.07) is 10.3. The average molecular weight is 257 g/mol. The van der Waals surface area contributed by atoms with Crippen LogP contribution in [0.15, 0.2) is 36.7 Å². The lowest BCUT2D eigenvalue weighted by atomic mass is 10.3. The molecule has 0 radical (unpaired) electrons. The standard InChI is InChI=1S/C14H15N3S/c1-2-11-4-5-12(18-11)8-17-9-16-13-7-10(15)3-6-14(13)17/h3-7,9H,2,8,15H2,1H3. The summed E-state index contributed by atoms with van der Waals surface area (Å²) in [6.07, 6.45) is 2.99. The summed E-state index contributed by atoms with van der Waals surface area (Å²) < 4.78 is 2.17. The summed E-state index contributed by atoms with van der Waals surface area (Å²) in [5.41, 5.74) is 8.62. The van der Waals surface area contributed by atoms with Crippen molar-refractivity contribution in [3.63, 3.8) is 0 Å². The predicted octanol–water partition coefficient (Wildman–Crippen LogP) is 3.29. The van der Waals surface area contributed by atoms with Gasteiger partial charge in [0.15, 0.2) is 0 Å². The van der Waals surface area contributed by atoms with Crippen molar-refractivity contribution in [3.05, 3.63) is 46.4 Å². The predicted molar refractivity (Wildman–Crippen MR) is 76.9 cm³/mol. The molecule has 1 aromatic carbocycles. The molecule has 0 saturated carbocycles. The Hall–Kier alpha value is -1.81. The van der Waals surface area contributed by atoms with Gasteiger partial charge in [0.2, 0.25) is 0 Å². The van der Waals surface area contributed by atoms with Crippen LogP contribution in [0.3, 0.4) is 0 Å². The molecule has 0 unspecified atom stereocenters. The SMILES string of the molecule is CCc1ccc(Cn2cnc3cc(N)ccc32)s1. The van der Waals surface area contributed by atoms with Crippen molar-refractivity contribution in [1.29, 1.82) is 0 Å². The van der Waals surface area contributed by atoms with Crippen molar-refractivity contribution >= 4 is 28.1 Å². The normalized spacial score (nSPS) is 11.2. The van der Waals surface area contributed by atoms with E-state index in [1.165, 1.54) is 9.75 Å². The summed E-state index contributed by atoms with van der Waals surface area (Å²) in [4.78, 5) is 7.18. The zero-order chi connectivity index (χ0) is 12.5. The molecule has 0 amide bonds. The van der Waals surface area contributed by atoms with Gasteiger partial charge in [0, 0.05) is 15.4 Å². The van der Waals surface area contributed by atoms with Crippen LogP contribution in [0.2, 0.25) is 0 Å². The molecule has 3 rings (SSSR count). The second-order valence-electron chi connectivity index (χ2n) is 4.34. The van der Waals surface area contributed by atoms with Gasteiger partial charge in [-0.1, -0.05) is 6.92 Å². The van der Waals surface area contributed by atoms with Crippen LogP contribution in [-0.2, 0) is 13.0 Å². The van der Waals surface area contributed by atoms with E-state index in [0.29, 0.717) is 0 Å². The highest BCUT2D eigenvalue weighted by atomic mass is 32.1. The number of hydrogen-bond acceptors (Lipinski definition) is 3. The first-order chi connectivity index (χ1) is 8.76. The fourth-order valence-corrected chi connectivity index (χ4v) is 3.03. The number of aryl methyl sites for hydroxylation is 1. The highest BCUT2D eigenvalue weighted by Gasteiger charge is 2.05. The van der Waals surface area contributed by atoms with E-state index in [1.54, 1.807) is 0 Å². The third-order valence-electron chi connectivity index (χ3n) is 3.04. The number of anilines is 1. The van der Waals surface area contributed by atoms with E-state index in [0.717, 1.165) is 29.7 Å². The highest BCUT2D eigenvalue weighted by Crippen LogP contribution is 2.21. The Labute approximate surface area is 110 Å². The van der Waals surface area contributed by atoms with Crippen LogP contribution in [0.5, 0.6) is 0 Å². The average Bonchev–Trinajstić information content (AvgIpc) is 2.97. The lowest BCUT2D eigenvalue weighted by Crippen LogP contribution is -1.95. The van der Waals surface area contributed by atoms with Crippen molar-refractivity contribution in [1.82, 2.24) is 9.55 Å². The van der Waals surface area contributed by atoms with Gasteiger partial charge in [-0.2, -0.15) is 0 Å². The van der Waals surface area contributed by atoms with Gasteiger partial charge in [0.05, 0.1) is 23.9 Å². The molecule has 0 aliphatic heterocycles. The molecule has 2 heterocycles. The fourth-order valence-electron chi connectivity index (χ4n) is 2.07. The number of nitrogens with zero attached hydrogens (tertiary/aromatic N) is 2. The number of fused-ring (bicyclic) bond motifs is 1. The summed E-state index contributed by atoms with van der Waals surface area (Å²) in [5, 5.41) is 0. The van der Waals surface area contributed by atoms with Crippen LogP contribution >= 0.6 is 11.3 Å². The summed E-state index contributed by atoms with van der Waals surface area (Å²) in [5.74, 6) is 0. The second kappa shape index (κ2) is 4.46. The third-order valence-corrected chi connectivity index (χ3v) is 4.25. The van der Waals surface area contributed by atoms with Gasteiger partial charge >= 0.3 is 0 Å². The molecule has 0 saturated heterocycles. The quantitative estimate of drug-likeness (QED) is 0.732. The van der Waals surface area contributed by atoms with Crippen LogP contribution in [0.4, 0.5) is 5.69 Å². The van der Waals surface area contributed by atoms with Crippen LogP contribution < -0.4 is 5.73 Å². The van der Waals surface area contributed by atoms with Crippen molar-refractivity contribution in [2.24, 2.45) is 0 Å². The minimum Gasteiger partial charge on any atom is -0.399 e. The lowest BCUT2D eigenvalue weighted by molar-refractivity contribution is 0.838. The van der Waals surface area contributed by atoms with E-state index in [-0.39, 0.29) is 0 Å². The van der Waals surface area contributed by atoms with Gasteiger partial charge in [0.25, 0.3) is 0 Å². The van der Waals surface area contributed by atoms with E-state index >= 15 is 0 Å². The van der Waals surface area contributed by atoms with Crippen molar-refractivity contribution in [2.75, 3.05) is 5.73 Å². The number of thiophene rings is 1. The molecule has 4 heteroatoms. The van der Waals surface area contributed by atoms with Gasteiger partial charge in [-0.15, -0.1) is 11.3 Å². The Morgan fingerprint density at radius 1 is 1.22 bits per heavy atom. The molecule has 0 atom stereocenters. The zero-order valence-electron chi connectivity index (χ0n) is 10.3. The smallest absolute Gasteiger partial charge is 0.0961 e. The van der Waals surface area contributed by atoms with Crippen molar-refractivity contribution < 1.29 is 0 Å². The fraction of sp³-hybridized carbons (Fsp3) is 0.214. The molecule has 18 heavy (non-hydrogen) atoms. The van der Waals surface area contributed by atoms with Gasteiger partial charge in [-0.3, -0.25) is 0 Å². The third kappa shape index (κ3) is 1.99. The van der Waals surface area contributed by atoms with Crippen LogP contribution in [0.25, 0.3) is 11.0 Å². The van der Waals surface area contributed by atoms with Gasteiger partial charge in [-0.05, 0) is 36.8 Å². The van der Waals surface area contributed by atoms with E-state index in [4.69, 9.17) is 5.73 Å². The molecule has 0 aliphatic carbocycles. The topological polar surface area (TPSA) is 43.8 Å². The summed E-state index contributed by atoms with van der Waals surface area (Å²) in [6.45, 7) is 3.07. The molecule has 0 fully saturated rings. The maximum atomic E-state index is 5.76. The van der Waals surface area contributed by atoms with Crippen LogP contribution in [-0.4, -0.2) is 9.55 Å². The van der Waals surface area contributed by atoms with Crippen molar-refractivity contribution in [3.8, 4) is 0 Å². The first kappa shape index (κ1) is 11.3. The number of hydrogen-bond donors (Lipinski definition) is 1. The van der Waals surface area contributed by atoms with Crippen LogP contribution in [0.1, 0.15) is 16.7 Å². The first-order valence-corrected chi connectivity index (χ1v) is 6.86. The Morgan fingerprint density at radius 2 is 2.06 bits per heavy atom. The molecule has 2 aromatic heterocycles. The number of rotatable bonds is 3. The van der Waals surface area contributed by atoms with E-state index in [2.05, 4.69) is 28.6 Å². The largest absolute Gasteiger partial charge is 0.399 e. The first-order valence-electron chi connectivity index (χ1n) is 6.04. The molecule has 2 N–H and O–H groups in total. The van der Waals surface area contributed by atoms with Gasteiger partial charge < -0.3 is 10.3 Å². The molecule has 3 nitrogen and oxygen atoms in total. The molecule has 3 aromatic rings. The van der Waals surface area contributed by atoms with Crippen molar-refractivity contribution in [2.45, 2.75) is 19.9 Å². The monoisotopic (exact) mass is 257 g/mol. The minimum atomic E-state index is 0.761. The molecular weight excluding hydrogens is 242 g/mol. The summed E-state index contributed by atoms with van der Waals surface area (Å²) in [7, 11) is 0. The molecule has 92 valence electrons. The number of aromatic nitrogens is 2. The molecular formula is C14H15N3S. The Kier molecular flexibility index (Phi) is 2.80. The minimum absolute atomic E-state index is 0.761. The number of benzene rings is 1. The molecule has 0 bridgehead atoms. The number of nitrogens with two attached hydrogens (primary N) is 1. The molecule has 0 aliphatic rings. The Bertz CT molecular complexity index is 681. The maximum absolute atomic E-state index is 5.76. The highest BCUT2D eigenvalue weighted by molar-refractivity contribution is 7.11. The van der Waals surface area contributed by atoms with Crippen LogP contribution in [0, 0.1) is 0 Å². The zero-order valence-corrected chi connectivity index (χ0v) is 11.1. The van der Waals surface area contributed by atoms with Gasteiger partial charge in [0.1, 0.15) is 0 Å². The van der Waals surface area contributed by atoms with Gasteiger partial charge in [-0.25, -0.2) is 4.98 Å². The Morgan fingerprint density at radius 3 is 2.83 bits per heavy atom. The van der Waals surface area contributed by atoms with E-state index in [1.807, 2.05) is 35.9 Å². The summed E-state index contributed by atoms with van der Waals surface area (Å²) >= 11 is 1.87. The Balaban J connectivity index is 1.95. The second-order valence-corrected chi connectivity index (χ2v) is 5.60. The number of imidazole rings is 1. The molecule has 0 spiro atoms. The van der Waals surface area contributed by atoms with E-state index in [9.17, 15) is 0 Å².